The van der Waals surface area contributed by atoms with Gasteiger partial charge in [-0.25, -0.2) is 0 Å². The number of hydrogen-bond donors (Lipinski definition) is 2. The van der Waals surface area contributed by atoms with Crippen LogP contribution in [0.5, 0.6) is 0 Å². The second kappa shape index (κ2) is 5.40. The fourth-order valence-electron chi connectivity index (χ4n) is 0.538. The van der Waals surface area contributed by atoms with Crippen LogP contribution in [0.1, 0.15) is 19.3 Å². The third kappa shape index (κ3) is 6.50. The molecule has 0 bridgehead atoms. The number of imide groups is 1. The Bertz CT molecular complexity index is 166. The van der Waals surface area contributed by atoms with Gasteiger partial charge in [0.2, 0.25) is 12.3 Å². The van der Waals surface area contributed by atoms with Crippen molar-refractivity contribution >= 4 is 18.3 Å². The minimum absolute atomic E-state index is 0.0493. The number of aliphatic carboxylic acids is 1. The first kappa shape index (κ1) is 9.61. The second-order valence-corrected chi connectivity index (χ2v) is 1.93. The first-order chi connectivity index (χ1) is 5.16. The van der Waals surface area contributed by atoms with Gasteiger partial charge in [-0.2, -0.15) is 0 Å². The zero-order chi connectivity index (χ0) is 8.69. The number of carboxylic acid groups (broad SMARTS) is 1. The van der Waals surface area contributed by atoms with Crippen molar-refractivity contribution < 1.29 is 19.5 Å². The second-order valence-electron chi connectivity index (χ2n) is 1.93. The maximum atomic E-state index is 10.5. The van der Waals surface area contributed by atoms with Crippen molar-refractivity contribution in [3.63, 3.8) is 0 Å². The molecular weight excluding hydrogens is 150 g/mol. The Morgan fingerprint density at radius 2 is 2.00 bits per heavy atom. The fraction of sp³-hybridized carbons (Fsp3) is 0.500. The molecule has 2 amide bonds. The molecule has 0 aliphatic carbocycles. The standard InChI is InChI=1S/C6H9NO4/c8-4-7-5(9)2-1-3-6(10)11/h4H,1-3H2,(H,10,11)(H,7,8,9). The highest BCUT2D eigenvalue weighted by Crippen LogP contribution is 1.93. The van der Waals surface area contributed by atoms with Crippen molar-refractivity contribution in [2.45, 2.75) is 19.3 Å². The van der Waals surface area contributed by atoms with Crippen LogP contribution < -0.4 is 5.32 Å². The van der Waals surface area contributed by atoms with E-state index in [-0.39, 0.29) is 25.7 Å². The quantitative estimate of drug-likeness (QED) is 0.530. The Morgan fingerprint density at radius 1 is 1.36 bits per heavy atom. The summed E-state index contributed by atoms with van der Waals surface area (Å²) in [6, 6.07) is 0. The van der Waals surface area contributed by atoms with Gasteiger partial charge in [0.15, 0.2) is 0 Å². The largest absolute Gasteiger partial charge is 0.481 e. The summed E-state index contributed by atoms with van der Waals surface area (Å²) in [7, 11) is 0. The number of rotatable bonds is 5. The number of amides is 2. The lowest BCUT2D eigenvalue weighted by molar-refractivity contribution is -0.137. The van der Waals surface area contributed by atoms with E-state index in [9.17, 15) is 14.4 Å². The Labute approximate surface area is 63.4 Å². The molecule has 2 N–H and O–H groups in total. The average Bonchev–Trinajstić information content (AvgIpc) is 1.87. The monoisotopic (exact) mass is 159 g/mol. The van der Waals surface area contributed by atoms with Gasteiger partial charge in [-0.15, -0.1) is 0 Å². The van der Waals surface area contributed by atoms with Gasteiger partial charge >= 0.3 is 5.97 Å². The normalized spacial score (nSPS) is 8.73. The molecule has 0 aliphatic heterocycles. The number of hydrogen-bond acceptors (Lipinski definition) is 3. The van der Waals surface area contributed by atoms with Gasteiger partial charge in [-0.3, -0.25) is 19.7 Å². The lowest BCUT2D eigenvalue weighted by atomic mass is 10.2. The van der Waals surface area contributed by atoms with E-state index >= 15 is 0 Å². The van der Waals surface area contributed by atoms with Crippen molar-refractivity contribution in [3.8, 4) is 0 Å². The Kier molecular flexibility index (Phi) is 4.72. The van der Waals surface area contributed by atoms with Gasteiger partial charge in [0, 0.05) is 12.8 Å². The van der Waals surface area contributed by atoms with E-state index in [1.54, 1.807) is 0 Å². The molecule has 0 saturated carbocycles. The van der Waals surface area contributed by atoms with Crippen LogP contribution in [-0.4, -0.2) is 23.4 Å². The minimum atomic E-state index is -0.941. The van der Waals surface area contributed by atoms with Gasteiger partial charge in [-0.05, 0) is 6.42 Å². The van der Waals surface area contributed by atoms with E-state index in [0.29, 0.717) is 0 Å². The molecule has 0 saturated heterocycles. The lowest BCUT2D eigenvalue weighted by Crippen LogP contribution is -2.20. The van der Waals surface area contributed by atoms with E-state index in [4.69, 9.17) is 5.11 Å². The predicted molar refractivity (Wildman–Crippen MR) is 35.7 cm³/mol. The third-order valence-electron chi connectivity index (χ3n) is 1.01. The summed E-state index contributed by atoms with van der Waals surface area (Å²) in [6.45, 7) is 0. The van der Waals surface area contributed by atoms with E-state index < -0.39 is 11.9 Å². The zero-order valence-corrected chi connectivity index (χ0v) is 5.87. The zero-order valence-electron chi connectivity index (χ0n) is 5.87. The van der Waals surface area contributed by atoms with Crippen LogP contribution in [0.3, 0.4) is 0 Å². The molecule has 0 aromatic heterocycles. The molecule has 5 nitrogen and oxygen atoms in total. The van der Waals surface area contributed by atoms with Crippen LogP contribution in [0.4, 0.5) is 0 Å². The number of carboxylic acids is 1. The van der Waals surface area contributed by atoms with Gasteiger partial charge in [-0.1, -0.05) is 0 Å². The van der Waals surface area contributed by atoms with E-state index in [2.05, 4.69) is 0 Å². The fourth-order valence-corrected chi connectivity index (χ4v) is 0.538. The van der Waals surface area contributed by atoms with Gasteiger partial charge < -0.3 is 5.11 Å². The summed E-state index contributed by atoms with van der Waals surface area (Å²) >= 11 is 0. The van der Waals surface area contributed by atoms with Crippen LogP contribution in [0.25, 0.3) is 0 Å². The Hall–Kier alpha value is -1.39. The van der Waals surface area contributed by atoms with Gasteiger partial charge in [0.25, 0.3) is 0 Å². The minimum Gasteiger partial charge on any atom is -0.481 e. The van der Waals surface area contributed by atoms with Gasteiger partial charge in [0.05, 0.1) is 0 Å². The maximum absolute atomic E-state index is 10.5. The van der Waals surface area contributed by atoms with E-state index in [0.717, 1.165) is 0 Å². The molecule has 0 fully saturated rings. The van der Waals surface area contributed by atoms with Crippen molar-refractivity contribution in [3.05, 3.63) is 0 Å². The molecule has 5 heteroatoms. The van der Waals surface area contributed by atoms with Crippen LogP contribution >= 0.6 is 0 Å². The maximum Gasteiger partial charge on any atom is 0.303 e. The van der Waals surface area contributed by atoms with Crippen molar-refractivity contribution in [2.75, 3.05) is 0 Å². The number of carbonyl (C=O) groups is 3. The highest BCUT2D eigenvalue weighted by molar-refractivity contribution is 5.85. The molecule has 62 valence electrons. The summed E-state index contributed by atoms with van der Waals surface area (Å²) in [5.41, 5.74) is 0. The topological polar surface area (TPSA) is 83.5 Å². The van der Waals surface area contributed by atoms with Crippen molar-refractivity contribution in [1.82, 2.24) is 5.32 Å². The van der Waals surface area contributed by atoms with Crippen molar-refractivity contribution in [2.24, 2.45) is 0 Å². The van der Waals surface area contributed by atoms with Crippen molar-refractivity contribution in [1.29, 1.82) is 0 Å². The van der Waals surface area contributed by atoms with Crippen LogP contribution in [0.15, 0.2) is 0 Å². The number of carbonyl (C=O) groups excluding carboxylic acids is 2. The molecule has 0 atom stereocenters. The van der Waals surface area contributed by atoms with E-state index in [1.807, 2.05) is 5.32 Å². The lowest BCUT2D eigenvalue weighted by Gasteiger charge is -1.94. The molecular formula is C6H9NO4. The molecule has 0 unspecified atom stereocenters. The highest BCUT2D eigenvalue weighted by Gasteiger charge is 2.01. The molecule has 0 aliphatic rings. The SMILES string of the molecule is O=CNC(=O)CCCC(=O)O. The van der Waals surface area contributed by atoms with Crippen LogP contribution in [-0.2, 0) is 14.4 Å². The molecule has 0 aromatic rings. The van der Waals surface area contributed by atoms with Gasteiger partial charge in [0.1, 0.15) is 0 Å². The molecule has 0 spiro atoms. The molecule has 0 rings (SSSR count). The Balaban J connectivity index is 3.31. The van der Waals surface area contributed by atoms with E-state index in [1.165, 1.54) is 0 Å². The average molecular weight is 159 g/mol. The Morgan fingerprint density at radius 3 is 2.45 bits per heavy atom. The first-order valence-corrected chi connectivity index (χ1v) is 3.11. The predicted octanol–water partition coefficient (Wildman–Crippen LogP) is -0.486. The third-order valence-corrected chi connectivity index (χ3v) is 1.01. The van der Waals surface area contributed by atoms with Crippen LogP contribution in [0.2, 0.25) is 0 Å². The molecule has 11 heavy (non-hydrogen) atoms. The number of nitrogens with one attached hydrogen (secondary N) is 1. The summed E-state index contributed by atoms with van der Waals surface area (Å²) in [5, 5.41) is 10.1. The summed E-state index contributed by atoms with van der Waals surface area (Å²) in [6.07, 6.45) is 0.565. The molecule has 0 radical (unpaired) electrons. The summed E-state index contributed by atoms with van der Waals surface area (Å²) < 4.78 is 0. The summed E-state index contributed by atoms with van der Waals surface area (Å²) in [5.74, 6) is -1.38. The highest BCUT2D eigenvalue weighted by atomic mass is 16.4. The van der Waals surface area contributed by atoms with Crippen LogP contribution in [0, 0.1) is 0 Å². The first-order valence-electron chi connectivity index (χ1n) is 3.11. The molecule has 0 heterocycles. The molecule has 0 aromatic carbocycles. The smallest absolute Gasteiger partial charge is 0.303 e. The summed E-state index contributed by atoms with van der Waals surface area (Å²) in [4.78, 5) is 30.1.